The number of anilines is 1. The second-order valence-electron chi connectivity index (χ2n) is 4.05. The zero-order valence-corrected chi connectivity index (χ0v) is 10.3. The second kappa shape index (κ2) is 4.93. The first kappa shape index (κ1) is 14.0. The number of aliphatic carboxylic acids is 1. The largest absolute Gasteiger partial charge is 0.480 e. The highest BCUT2D eigenvalue weighted by molar-refractivity contribution is 7.09. The molecule has 1 aromatic rings. The van der Waals surface area contributed by atoms with E-state index in [1.165, 1.54) is 0 Å². The highest BCUT2D eigenvalue weighted by Crippen LogP contribution is 2.32. The van der Waals surface area contributed by atoms with Crippen LogP contribution in [-0.4, -0.2) is 39.2 Å². The quantitative estimate of drug-likeness (QED) is 0.881. The summed E-state index contributed by atoms with van der Waals surface area (Å²) < 4.78 is 45.3. The molecule has 0 spiro atoms. The third kappa shape index (κ3) is 2.95. The summed E-state index contributed by atoms with van der Waals surface area (Å²) in [6.07, 6.45) is -4.32. The predicted octanol–water partition coefficient (Wildman–Crippen LogP) is 1.60. The molecular weight excluding hydrogens is 287 g/mol. The average molecular weight is 297 g/mol. The number of hydrogen-bond donors (Lipinski definition) is 2. The molecule has 0 amide bonds. The predicted molar refractivity (Wildman–Crippen MR) is 59.0 cm³/mol. The van der Waals surface area contributed by atoms with Crippen LogP contribution in [-0.2, 0) is 15.7 Å². The van der Waals surface area contributed by atoms with Gasteiger partial charge in [0.25, 0.3) is 0 Å². The molecular formula is C9H10F3N3O3S. The fourth-order valence-corrected chi connectivity index (χ4v) is 2.39. The first-order chi connectivity index (χ1) is 8.83. The molecule has 0 aliphatic carbocycles. The van der Waals surface area contributed by atoms with E-state index in [1.54, 1.807) is 0 Å². The maximum atomic E-state index is 12.4. The van der Waals surface area contributed by atoms with Crippen LogP contribution in [0.3, 0.4) is 0 Å². The highest BCUT2D eigenvalue weighted by Gasteiger charge is 2.42. The molecule has 2 N–H and O–H groups in total. The Bertz CT molecular complexity index is 471. The van der Waals surface area contributed by atoms with Gasteiger partial charge in [-0.1, -0.05) is 0 Å². The van der Waals surface area contributed by atoms with Gasteiger partial charge in [-0.05, 0) is 0 Å². The molecule has 0 unspecified atom stereocenters. The molecule has 1 aromatic heterocycles. The number of alkyl halides is 3. The molecule has 0 atom stereocenters. The van der Waals surface area contributed by atoms with E-state index in [0.29, 0.717) is 11.5 Å². The smallest absolute Gasteiger partial charge is 0.452 e. The first-order valence-electron chi connectivity index (χ1n) is 5.34. The summed E-state index contributed by atoms with van der Waals surface area (Å²) >= 11 is 0.490. The minimum absolute atomic E-state index is 0.156. The Balaban J connectivity index is 2.18. The number of ether oxygens (including phenoxy) is 1. The lowest BCUT2D eigenvalue weighted by Gasteiger charge is -2.33. The molecule has 106 valence electrons. The van der Waals surface area contributed by atoms with E-state index in [0.717, 1.165) is 0 Å². The number of carbonyl (C=O) groups is 1. The molecule has 0 aromatic carbocycles. The molecule has 2 rings (SSSR count). The summed E-state index contributed by atoms with van der Waals surface area (Å²) in [5.74, 6) is -2.41. The van der Waals surface area contributed by atoms with Crippen LogP contribution in [0.4, 0.5) is 18.3 Å². The molecule has 1 fully saturated rings. The van der Waals surface area contributed by atoms with Crippen molar-refractivity contribution in [3.63, 3.8) is 0 Å². The molecule has 1 aliphatic rings. The van der Waals surface area contributed by atoms with Gasteiger partial charge < -0.3 is 15.2 Å². The van der Waals surface area contributed by atoms with Gasteiger partial charge in [-0.2, -0.15) is 22.5 Å². The Kier molecular flexibility index (Phi) is 3.63. The fraction of sp³-hybridized carbons (Fsp3) is 0.667. The van der Waals surface area contributed by atoms with Crippen LogP contribution in [0.2, 0.25) is 0 Å². The standard InChI is InChI=1S/C9H10F3N3O3S/c10-9(11,12)5-13-7(19-15-5)14-8(6(16)17)1-3-18-4-2-8/h1-4H2,(H,16,17)(H,13,14,15). The zero-order chi connectivity index (χ0) is 14.1. The number of aromatic nitrogens is 2. The van der Waals surface area contributed by atoms with Gasteiger partial charge in [-0.15, -0.1) is 0 Å². The molecule has 0 radical (unpaired) electrons. The van der Waals surface area contributed by atoms with Crippen molar-refractivity contribution in [3.05, 3.63) is 5.82 Å². The number of nitrogens with one attached hydrogen (secondary N) is 1. The van der Waals surface area contributed by atoms with Gasteiger partial charge in [0.15, 0.2) is 0 Å². The summed E-state index contributed by atoms with van der Waals surface area (Å²) in [4.78, 5) is 14.6. The van der Waals surface area contributed by atoms with Gasteiger partial charge in [0.2, 0.25) is 11.0 Å². The Hall–Kier alpha value is -1.42. The van der Waals surface area contributed by atoms with E-state index in [-0.39, 0.29) is 31.2 Å². The number of nitrogens with zero attached hydrogens (tertiary/aromatic N) is 2. The Morgan fingerprint density at radius 3 is 2.53 bits per heavy atom. The number of carboxylic acids is 1. The normalized spacial score (nSPS) is 19.1. The van der Waals surface area contributed by atoms with Crippen LogP contribution in [0.25, 0.3) is 0 Å². The van der Waals surface area contributed by atoms with Gasteiger partial charge in [0, 0.05) is 37.6 Å². The summed E-state index contributed by atoms with van der Waals surface area (Å²) in [5.41, 5.74) is -1.35. The van der Waals surface area contributed by atoms with Gasteiger partial charge in [-0.25, -0.2) is 4.79 Å². The Labute approximate surface area is 109 Å². The monoisotopic (exact) mass is 297 g/mol. The maximum absolute atomic E-state index is 12.4. The lowest BCUT2D eigenvalue weighted by molar-refractivity contribution is -0.145. The summed E-state index contributed by atoms with van der Waals surface area (Å²) in [7, 11) is 0. The van der Waals surface area contributed by atoms with Crippen LogP contribution < -0.4 is 5.32 Å². The Morgan fingerprint density at radius 1 is 1.42 bits per heavy atom. The minimum Gasteiger partial charge on any atom is -0.480 e. The fourth-order valence-electron chi connectivity index (χ4n) is 1.71. The van der Waals surface area contributed by atoms with Gasteiger partial charge in [-0.3, -0.25) is 0 Å². The number of hydrogen-bond acceptors (Lipinski definition) is 6. The van der Waals surface area contributed by atoms with Crippen molar-refractivity contribution in [2.45, 2.75) is 24.6 Å². The van der Waals surface area contributed by atoms with Gasteiger partial charge in [0.05, 0.1) is 0 Å². The average Bonchev–Trinajstić information content (AvgIpc) is 2.78. The van der Waals surface area contributed by atoms with E-state index in [2.05, 4.69) is 14.7 Å². The van der Waals surface area contributed by atoms with Crippen molar-refractivity contribution in [1.82, 2.24) is 9.36 Å². The number of halogens is 3. The third-order valence-electron chi connectivity index (χ3n) is 2.78. The van der Waals surface area contributed by atoms with Crippen LogP contribution >= 0.6 is 11.5 Å². The van der Waals surface area contributed by atoms with Gasteiger partial charge >= 0.3 is 12.1 Å². The molecule has 1 aliphatic heterocycles. The van der Waals surface area contributed by atoms with E-state index in [4.69, 9.17) is 4.74 Å². The molecule has 19 heavy (non-hydrogen) atoms. The van der Waals surface area contributed by atoms with Crippen LogP contribution in [0.15, 0.2) is 0 Å². The lowest BCUT2D eigenvalue weighted by Crippen LogP contribution is -2.50. The number of carboxylic acid groups (broad SMARTS) is 1. The highest BCUT2D eigenvalue weighted by atomic mass is 32.1. The van der Waals surface area contributed by atoms with Crippen molar-refractivity contribution in [2.75, 3.05) is 18.5 Å². The topological polar surface area (TPSA) is 84.3 Å². The summed E-state index contributed by atoms with van der Waals surface area (Å²) in [5, 5.41) is 11.6. The van der Waals surface area contributed by atoms with Crippen LogP contribution in [0.1, 0.15) is 18.7 Å². The van der Waals surface area contributed by atoms with E-state index in [9.17, 15) is 23.1 Å². The van der Waals surface area contributed by atoms with Crippen molar-refractivity contribution < 1.29 is 27.8 Å². The third-order valence-corrected chi connectivity index (χ3v) is 3.41. The van der Waals surface area contributed by atoms with Crippen molar-refractivity contribution in [3.8, 4) is 0 Å². The van der Waals surface area contributed by atoms with Crippen molar-refractivity contribution in [2.24, 2.45) is 0 Å². The SMILES string of the molecule is O=C(O)C1(Nc2nc(C(F)(F)F)ns2)CCOCC1. The van der Waals surface area contributed by atoms with Crippen molar-refractivity contribution >= 4 is 22.6 Å². The molecule has 0 bridgehead atoms. The van der Waals surface area contributed by atoms with Crippen LogP contribution in [0.5, 0.6) is 0 Å². The number of rotatable bonds is 3. The molecule has 2 heterocycles. The Morgan fingerprint density at radius 2 is 2.05 bits per heavy atom. The first-order valence-corrected chi connectivity index (χ1v) is 6.11. The maximum Gasteiger partial charge on any atom is 0.452 e. The summed E-state index contributed by atoms with van der Waals surface area (Å²) in [6, 6.07) is 0. The van der Waals surface area contributed by atoms with E-state index < -0.39 is 23.5 Å². The molecule has 10 heteroatoms. The van der Waals surface area contributed by atoms with E-state index >= 15 is 0 Å². The molecule has 1 saturated heterocycles. The second-order valence-corrected chi connectivity index (χ2v) is 4.80. The van der Waals surface area contributed by atoms with Crippen molar-refractivity contribution in [1.29, 1.82) is 0 Å². The molecule has 0 saturated carbocycles. The van der Waals surface area contributed by atoms with Crippen LogP contribution in [0, 0.1) is 0 Å². The zero-order valence-electron chi connectivity index (χ0n) is 9.53. The lowest BCUT2D eigenvalue weighted by atomic mass is 9.90. The summed E-state index contributed by atoms with van der Waals surface area (Å²) in [6.45, 7) is 0.453. The minimum atomic E-state index is -4.64. The van der Waals surface area contributed by atoms with Gasteiger partial charge in [0.1, 0.15) is 5.54 Å². The van der Waals surface area contributed by atoms with E-state index in [1.807, 2.05) is 0 Å². The molecule has 6 nitrogen and oxygen atoms in total.